The van der Waals surface area contributed by atoms with Gasteiger partial charge in [0.1, 0.15) is 0 Å². The molecule has 0 fully saturated rings. The molecule has 23 heavy (non-hydrogen) atoms. The van der Waals surface area contributed by atoms with E-state index in [4.69, 9.17) is 0 Å². The summed E-state index contributed by atoms with van der Waals surface area (Å²) in [5.74, 6) is 0. The zero-order valence-electron chi connectivity index (χ0n) is 15.7. The summed E-state index contributed by atoms with van der Waals surface area (Å²) in [6.07, 6.45) is 17.6. The van der Waals surface area contributed by atoms with E-state index in [0.29, 0.717) is 0 Å². The fourth-order valence-electron chi connectivity index (χ4n) is 7.04. The fourth-order valence-corrected chi connectivity index (χ4v) is 16.9. The van der Waals surface area contributed by atoms with Crippen molar-refractivity contribution < 1.29 is 14.8 Å². The van der Waals surface area contributed by atoms with Crippen LogP contribution in [0.5, 0.6) is 0 Å². The quantitative estimate of drug-likeness (QED) is 0.358. The Balaban J connectivity index is 1.77. The predicted octanol–water partition coefficient (Wildman–Crippen LogP) is 7.50. The maximum absolute atomic E-state index is 2.83. The van der Waals surface area contributed by atoms with Crippen molar-refractivity contribution in [2.75, 3.05) is 0 Å². The molecule has 4 rings (SSSR count). The van der Waals surface area contributed by atoms with E-state index in [2.05, 4.69) is 21.7 Å². The van der Waals surface area contributed by atoms with E-state index in [1.165, 1.54) is 77.0 Å². The van der Waals surface area contributed by atoms with Crippen LogP contribution >= 0.6 is 0 Å². The molecule has 2 atom stereocenters. The molecule has 0 bridgehead atoms. The first kappa shape index (κ1) is 16.5. The van der Waals surface area contributed by atoms with Gasteiger partial charge in [-0.3, -0.25) is 0 Å². The van der Waals surface area contributed by atoms with Crippen LogP contribution in [0.25, 0.3) is 0 Å². The van der Waals surface area contributed by atoms with Crippen molar-refractivity contribution >= 4 is 4.31 Å². The average molecular weight is 348 g/mol. The minimum absolute atomic E-state index is 1.01. The normalized spacial score (nSPS) is 32.2. The van der Waals surface area contributed by atoms with Crippen LogP contribution in [-0.2, 0) is 14.8 Å². The van der Waals surface area contributed by atoms with Crippen molar-refractivity contribution in [2.45, 2.75) is 103 Å². The van der Waals surface area contributed by atoms with Crippen LogP contribution in [0.2, 0.25) is 18.9 Å². The molecule has 4 aliphatic rings. The van der Waals surface area contributed by atoms with Gasteiger partial charge in [0.25, 0.3) is 0 Å². The summed E-state index contributed by atoms with van der Waals surface area (Å²) >= 11 is -2.64. The third-order valence-corrected chi connectivity index (χ3v) is 20.4. The van der Waals surface area contributed by atoms with Crippen molar-refractivity contribution in [3.8, 4) is 0 Å². The molecule has 0 aromatic heterocycles. The molecule has 4 aliphatic carbocycles. The van der Waals surface area contributed by atoms with Gasteiger partial charge in [-0.1, -0.05) is 0 Å². The second kappa shape index (κ2) is 5.81. The molecule has 0 aromatic carbocycles. The van der Waals surface area contributed by atoms with Crippen LogP contribution in [0.4, 0.5) is 0 Å². The second-order valence-corrected chi connectivity index (χ2v) is 21.5. The van der Waals surface area contributed by atoms with E-state index in [0.717, 1.165) is 8.45 Å². The van der Waals surface area contributed by atoms with Crippen LogP contribution < -0.4 is 0 Å². The zero-order chi connectivity index (χ0) is 16.1. The predicted molar refractivity (Wildman–Crippen MR) is 100 cm³/mol. The van der Waals surface area contributed by atoms with Crippen LogP contribution in [-0.4, -0.2) is 4.31 Å². The topological polar surface area (TPSA) is 0 Å². The van der Waals surface area contributed by atoms with Crippen molar-refractivity contribution in [3.05, 3.63) is 22.3 Å². The van der Waals surface area contributed by atoms with Gasteiger partial charge in [-0.05, 0) is 0 Å². The van der Waals surface area contributed by atoms with Crippen molar-refractivity contribution in [2.24, 2.45) is 0 Å². The molecule has 128 valence electrons. The molecule has 0 N–H and O–H groups in total. The van der Waals surface area contributed by atoms with Crippen LogP contribution in [0.3, 0.4) is 0 Å². The summed E-state index contributed by atoms with van der Waals surface area (Å²) in [6, 6.07) is 0. The molecule has 0 radical (unpaired) electrons. The van der Waals surface area contributed by atoms with Gasteiger partial charge in [-0.15, -0.1) is 0 Å². The van der Waals surface area contributed by atoms with Gasteiger partial charge in [-0.2, -0.15) is 0 Å². The molecule has 0 aliphatic heterocycles. The van der Waals surface area contributed by atoms with Gasteiger partial charge in [0.05, 0.1) is 0 Å². The number of hydrogen-bond donors (Lipinski definition) is 0. The molecule has 0 heterocycles. The third-order valence-electron chi connectivity index (χ3n) is 8.68. The molecule has 0 spiro atoms. The summed E-state index contributed by atoms with van der Waals surface area (Å²) in [4.78, 5) is 0. The first-order chi connectivity index (χ1) is 11.0. The monoisotopic (exact) mass is 348 g/mol. The first-order valence-electron chi connectivity index (χ1n) is 10.5. The maximum atomic E-state index is 2.83. The molecule has 0 nitrogen and oxygen atoms in total. The number of allylic oxidation sites excluding steroid dienone is 4. The van der Waals surface area contributed by atoms with Gasteiger partial charge in [0, 0.05) is 0 Å². The van der Waals surface area contributed by atoms with Gasteiger partial charge in [-0.25, -0.2) is 0 Å². The summed E-state index contributed by atoms with van der Waals surface area (Å²) in [5, 5.41) is 5.67. The van der Waals surface area contributed by atoms with E-state index >= 15 is 0 Å². The second-order valence-electron chi connectivity index (χ2n) is 9.88. The Kier molecular flexibility index (Phi) is 4.17. The van der Waals surface area contributed by atoms with Crippen molar-refractivity contribution in [1.29, 1.82) is 0 Å². The fraction of sp³-hybridized carbons (Fsp3) is 0.773. The van der Waals surface area contributed by atoms with Gasteiger partial charge in [0.15, 0.2) is 0 Å². The van der Waals surface area contributed by atoms with Crippen LogP contribution in [0.15, 0.2) is 22.3 Å². The van der Waals surface area contributed by atoms with Crippen LogP contribution in [0.1, 0.15) is 84.0 Å². The van der Waals surface area contributed by atoms with E-state index in [1.807, 2.05) is 22.3 Å². The molecule has 0 amide bonds. The van der Waals surface area contributed by atoms with E-state index in [1.54, 1.807) is 0 Å². The SMILES string of the molecule is C[CH]=[Ti]([CH3])([CH3])([CH]1CCC2=C1CCCC2)[CH]1CCC2=C1CCCC2. The summed E-state index contributed by atoms with van der Waals surface area (Å²) in [5.41, 5.74) is 7.80. The average Bonchev–Trinajstić information content (AvgIpc) is 3.20. The molecule has 0 saturated carbocycles. The van der Waals surface area contributed by atoms with Gasteiger partial charge < -0.3 is 0 Å². The van der Waals surface area contributed by atoms with Crippen LogP contribution in [0, 0.1) is 0 Å². The Labute approximate surface area is 144 Å². The van der Waals surface area contributed by atoms with Gasteiger partial charge in [0.2, 0.25) is 0 Å². The molecule has 1 heteroatoms. The van der Waals surface area contributed by atoms with E-state index in [-0.39, 0.29) is 0 Å². The number of hydrogen-bond acceptors (Lipinski definition) is 0. The Bertz CT molecular complexity index is 589. The zero-order valence-corrected chi connectivity index (χ0v) is 17.3. The molecule has 0 saturated heterocycles. The summed E-state index contributed by atoms with van der Waals surface area (Å²) < 4.78 is 4.85. The van der Waals surface area contributed by atoms with Crippen molar-refractivity contribution in [1.82, 2.24) is 0 Å². The Morgan fingerprint density at radius 1 is 0.696 bits per heavy atom. The Hall–Kier alpha value is 0.0643. The van der Waals surface area contributed by atoms with E-state index in [9.17, 15) is 0 Å². The molecular formula is C22H36Ti. The van der Waals surface area contributed by atoms with Crippen molar-refractivity contribution in [3.63, 3.8) is 0 Å². The molecule has 2 unspecified atom stereocenters. The van der Waals surface area contributed by atoms with Gasteiger partial charge >= 0.3 is 144 Å². The molecule has 0 aromatic rings. The van der Waals surface area contributed by atoms with E-state index < -0.39 is 14.8 Å². The minimum atomic E-state index is -2.64. The summed E-state index contributed by atoms with van der Waals surface area (Å²) in [6.45, 7) is 2.46. The molecular weight excluding hydrogens is 312 g/mol. The Morgan fingerprint density at radius 2 is 1.13 bits per heavy atom. The standard InChI is InChI=1S/2C9H13.C2H4.2CH3.Ti/c2*1-2-5-9-7-3-6-8(9)4-1;1-2;;;/h2*6H,1-5,7H2;1H,2H3;2*1H3;. The third kappa shape index (κ3) is 2.46. The Morgan fingerprint density at radius 3 is 1.57 bits per heavy atom. The number of rotatable bonds is 2. The first-order valence-corrected chi connectivity index (χ1v) is 16.3. The summed E-state index contributed by atoms with van der Waals surface area (Å²) in [7, 11) is 0.